The molecule has 2 rings (SSSR count). The summed E-state index contributed by atoms with van der Waals surface area (Å²) in [6.45, 7) is 0.589. The van der Waals surface area contributed by atoms with Gasteiger partial charge in [0.2, 0.25) is 0 Å². The van der Waals surface area contributed by atoms with E-state index in [1.54, 1.807) is 0 Å². The molecule has 0 aromatic heterocycles. The van der Waals surface area contributed by atoms with E-state index in [2.05, 4.69) is 31.9 Å². The number of urea groups is 1. The molecule has 110 valence electrons. The first-order valence-electron chi connectivity index (χ1n) is 6.23. The van der Waals surface area contributed by atoms with Crippen molar-refractivity contribution in [3.05, 3.63) is 68.6 Å². The minimum atomic E-state index is -0.616. The molecule has 0 heterocycles. The van der Waals surface area contributed by atoms with E-state index in [1.807, 2.05) is 48.5 Å². The third-order valence-corrected chi connectivity index (χ3v) is 3.84. The Morgan fingerprint density at radius 2 is 1.43 bits per heavy atom. The van der Waals surface area contributed by atoms with E-state index in [-0.39, 0.29) is 6.61 Å². The van der Waals surface area contributed by atoms with Crippen molar-refractivity contribution in [1.29, 1.82) is 0 Å². The van der Waals surface area contributed by atoms with E-state index in [1.165, 1.54) is 0 Å². The van der Waals surface area contributed by atoms with Crippen LogP contribution in [0.4, 0.5) is 4.79 Å². The van der Waals surface area contributed by atoms with Gasteiger partial charge in [0.05, 0.1) is 6.54 Å². The average molecular weight is 414 g/mol. The van der Waals surface area contributed by atoms with Gasteiger partial charge in [-0.25, -0.2) is 4.79 Å². The van der Waals surface area contributed by atoms with Crippen LogP contribution in [0.2, 0.25) is 0 Å². The molecular weight excluding hydrogens is 400 g/mol. The average Bonchev–Trinajstić information content (AvgIpc) is 2.47. The molecular formula is C15H14Br2N2O2. The molecule has 0 aliphatic rings. The Balaban J connectivity index is 1.97. The molecule has 4 nitrogen and oxygen atoms in total. The summed E-state index contributed by atoms with van der Waals surface area (Å²) in [4.78, 5) is 16.9. The fourth-order valence-corrected chi connectivity index (χ4v) is 2.20. The number of nitrogens with two attached hydrogens (primary N) is 1. The highest BCUT2D eigenvalue weighted by molar-refractivity contribution is 9.10. The molecule has 0 spiro atoms. The number of hydrogen-bond acceptors (Lipinski definition) is 2. The van der Waals surface area contributed by atoms with Crippen molar-refractivity contribution in [3.63, 3.8) is 0 Å². The van der Waals surface area contributed by atoms with E-state index in [0.29, 0.717) is 6.54 Å². The van der Waals surface area contributed by atoms with Crippen LogP contribution in [0.25, 0.3) is 0 Å². The molecule has 0 bridgehead atoms. The number of primary amides is 1. The van der Waals surface area contributed by atoms with Crippen LogP contribution < -0.4 is 5.73 Å². The summed E-state index contributed by atoms with van der Waals surface area (Å²) >= 11 is 6.74. The van der Waals surface area contributed by atoms with E-state index < -0.39 is 6.03 Å². The van der Waals surface area contributed by atoms with Gasteiger partial charge >= 0.3 is 6.03 Å². The lowest BCUT2D eigenvalue weighted by Crippen LogP contribution is -2.35. The van der Waals surface area contributed by atoms with Gasteiger partial charge in [-0.2, -0.15) is 5.06 Å². The summed E-state index contributed by atoms with van der Waals surface area (Å²) in [5, 5.41) is 1.16. The molecule has 0 aliphatic heterocycles. The van der Waals surface area contributed by atoms with Gasteiger partial charge in [0.1, 0.15) is 6.61 Å². The highest BCUT2D eigenvalue weighted by Crippen LogP contribution is 2.14. The van der Waals surface area contributed by atoms with Crippen LogP contribution in [0.1, 0.15) is 11.1 Å². The maximum atomic E-state index is 11.5. The Morgan fingerprint density at radius 3 is 1.90 bits per heavy atom. The molecule has 2 aromatic carbocycles. The molecule has 0 saturated carbocycles. The zero-order valence-electron chi connectivity index (χ0n) is 11.1. The first-order chi connectivity index (χ1) is 10.0. The van der Waals surface area contributed by atoms with E-state index in [0.717, 1.165) is 25.1 Å². The van der Waals surface area contributed by atoms with E-state index in [4.69, 9.17) is 10.6 Å². The van der Waals surface area contributed by atoms with Crippen LogP contribution in [-0.4, -0.2) is 11.1 Å². The van der Waals surface area contributed by atoms with Gasteiger partial charge in [0, 0.05) is 8.95 Å². The van der Waals surface area contributed by atoms with Crippen LogP contribution in [0.5, 0.6) is 0 Å². The summed E-state index contributed by atoms with van der Waals surface area (Å²) in [6, 6.07) is 14.7. The van der Waals surface area contributed by atoms with Crippen LogP contribution in [0.15, 0.2) is 57.5 Å². The smallest absolute Gasteiger partial charge is 0.339 e. The molecule has 0 atom stereocenters. The van der Waals surface area contributed by atoms with Crippen LogP contribution in [0, 0.1) is 0 Å². The first kappa shape index (κ1) is 16.0. The highest BCUT2D eigenvalue weighted by atomic mass is 79.9. The SMILES string of the molecule is NC(=O)N(Cc1ccc(Br)cc1)OCc1ccc(Br)cc1. The van der Waals surface area contributed by atoms with Gasteiger partial charge in [0.15, 0.2) is 0 Å². The number of halogens is 2. The summed E-state index contributed by atoms with van der Waals surface area (Å²) in [7, 11) is 0. The summed E-state index contributed by atoms with van der Waals surface area (Å²) < 4.78 is 1.97. The zero-order valence-corrected chi connectivity index (χ0v) is 14.3. The second kappa shape index (κ2) is 7.59. The summed E-state index contributed by atoms with van der Waals surface area (Å²) in [5.74, 6) is 0. The predicted molar refractivity (Wildman–Crippen MR) is 88.2 cm³/mol. The molecule has 2 N–H and O–H groups in total. The fourth-order valence-electron chi connectivity index (χ4n) is 1.68. The number of nitrogens with zero attached hydrogens (tertiary/aromatic N) is 1. The Hall–Kier alpha value is -1.37. The van der Waals surface area contributed by atoms with Crippen LogP contribution >= 0.6 is 31.9 Å². The van der Waals surface area contributed by atoms with Gasteiger partial charge in [-0.15, -0.1) is 0 Å². The standard InChI is InChI=1S/C15H14Br2N2O2/c16-13-5-1-11(2-6-13)9-19(15(18)20)21-10-12-3-7-14(17)8-4-12/h1-8H,9-10H2,(H2,18,20). The van der Waals surface area contributed by atoms with Crippen molar-refractivity contribution in [3.8, 4) is 0 Å². The van der Waals surface area contributed by atoms with Gasteiger partial charge in [-0.3, -0.25) is 4.84 Å². The zero-order chi connectivity index (χ0) is 15.2. The van der Waals surface area contributed by atoms with E-state index in [9.17, 15) is 4.79 Å². The Labute approximate surface area is 140 Å². The molecule has 0 radical (unpaired) electrons. The number of hydroxylamine groups is 2. The first-order valence-corrected chi connectivity index (χ1v) is 7.82. The predicted octanol–water partition coefficient (Wildman–Crippen LogP) is 4.22. The van der Waals surface area contributed by atoms with Gasteiger partial charge in [-0.1, -0.05) is 56.1 Å². The number of benzene rings is 2. The number of carbonyl (C=O) groups is 1. The van der Waals surface area contributed by atoms with Crippen molar-refractivity contribution in [2.24, 2.45) is 5.73 Å². The third-order valence-electron chi connectivity index (χ3n) is 2.79. The fraction of sp³-hybridized carbons (Fsp3) is 0.133. The molecule has 21 heavy (non-hydrogen) atoms. The van der Waals surface area contributed by atoms with E-state index >= 15 is 0 Å². The normalized spacial score (nSPS) is 10.4. The lowest BCUT2D eigenvalue weighted by Gasteiger charge is -2.20. The van der Waals surface area contributed by atoms with Crippen LogP contribution in [0.3, 0.4) is 0 Å². The largest absolute Gasteiger partial charge is 0.350 e. The summed E-state index contributed by atoms with van der Waals surface area (Å²) in [6.07, 6.45) is 0. The number of carbonyl (C=O) groups excluding carboxylic acids is 1. The van der Waals surface area contributed by atoms with Crippen LogP contribution in [-0.2, 0) is 18.0 Å². The monoisotopic (exact) mass is 412 g/mol. The Kier molecular flexibility index (Phi) is 5.78. The van der Waals surface area contributed by atoms with Gasteiger partial charge in [-0.05, 0) is 35.4 Å². The van der Waals surface area contributed by atoms with Crippen molar-refractivity contribution in [2.45, 2.75) is 13.2 Å². The quantitative estimate of drug-likeness (QED) is 0.746. The molecule has 0 saturated heterocycles. The molecule has 6 heteroatoms. The van der Waals surface area contributed by atoms with Crippen molar-refractivity contribution in [2.75, 3.05) is 0 Å². The minimum Gasteiger partial charge on any atom is -0.350 e. The molecule has 0 unspecified atom stereocenters. The van der Waals surface area contributed by atoms with Crippen molar-refractivity contribution >= 4 is 37.9 Å². The Morgan fingerprint density at radius 1 is 0.952 bits per heavy atom. The second-order valence-corrected chi connectivity index (χ2v) is 6.23. The second-order valence-electron chi connectivity index (χ2n) is 4.40. The van der Waals surface area contributed by atoms with Gasteiger partial charge < -0.3 is 5.73 Å². The molecule has 2 amide bonds. The topological polar surface area (TPSA) is 55.6 Å². The molecule has 0 fully saturated rings. The molecule has 0 aliphatic carbocycles. The van der Waals surface area contributed by atoms with Gasteiger partial charge in [0.25, 0.3) is 0 Å². The maximum absolute atomic E-state index is 11.5. The van der Waals surface area contributed by atoms with Crippen molar-refractivity contribution < 1.29 is 9.63 Å². The number of rotatable bonds is 5. The Bertz CT molecular complexity index is 600. The minimum absolute atomic E-state index is 0.284. The number of amides is 2. The maximum Gasteiger partial charge on any atom is 0.339 e. The molecule has 2 aromatic rings. The lowest BCUT2D eigenvalue weighted by atomic mass is 10.2. The van der Waals surface area contributed by atoms with Crippen molar-refractivity contribution in [1.82, 2.24) is 5.06 Å². The lowest BCUT2D eigenvalue weighted by molar-refractivity contribution is -0.132. The number of hydrogen-bond donors (Lipinski definition) is 1. The highest BCUT2D eigenvalue weighted by Gasteiger charge is 2.11. The third kappa shape index (κ3) is 5.15. The summed E-state index contributed by atoms with van der Waals surface area (Å²) in [5.41, 5.74) is 7.24.